The van der Waals surface area contributed by atoms with Gasteiger partial charge in [-0.2, -0.15) is 0 Å². The third kappa shape index (κ3) is 6.20. The minimum absolute atomic E-state index is 0.145. The van der Waals surface area contributed by atoms with Crippen LogP contribution in [0.5, 0.6) is 0 Å². The Morgan fingerprint density at radius 3 is 1.82 bits per heavy atom. The van der Waals surface area contributed by atoms with Crippen molar-refractivity contribution in [2.75, 3.05) is 21.3 Å². The molecule has 0 aliphatic carbocycles. The zero-order chi connectivity index (χ0) is 13.1. The molecule has 0 bridgehead atoms. The van der Waals surface area contributed by atoms with Crippen molar-refractivity contribution in [3.63, 3.8) is 0 Å². The first-order valence-corrected chi connectivity index (χ1v) is 8.70. The molecule has 0 heterocycles. The lowest BCUT2D eigenvalue weighted by Crippen LogP contribution is -2.51. The zero-order valence-electron chi connectivity index (χ0n) is 11.6. The van der Waals surface area contributed by atoms with Crippen molar-refractivity contribution in [3.8, 4) is 0 Å². The minimum Gasteiger partial charge on any atom is -0.376 e. The van der Waals surface area contributed by atoms with Crippen molar-refractivity contribution in [1.29, 1.82) is 0 Å². The zero-order valence-corrected chi connectivity index (χ0v) is 13.4. The first-order chi connectivity index (χ1) is 8.16. The molecular formula is C12H27ClO3Si. The van der Waals surface area contributed by atoms with Gasteiger partial charge in [-0.1, -0.05) is 45.4 Å². The second-order valence-electron chi connectivity index (χ2n) is 4.24. The number of unbranched alkanes of at least 4 members (excludes halogenated alkanes) is 5. The molecule has 0 saturated heterocycles. The van der Waals surface area contributed by atoms with Crippen molar-refractivity contribution in [2.45, 2.75) is 56.9 Å². The quantitative estimate of drug-likeness (QED) is 0.328. The van der Waals surface area contributed by atoms with Crippen LogP contribution in [0.3, 0.4) is 0 Å². The third-order valence-corrected chi connectivity index (χ3v) is 6.83. The van der Waals surface area contributed by atoms with Crippen molar-refractivity contribution in [2.24, 2.45) is 0 Å². The molecule has 1 atom stereocenters. The summed E-state index contributed by atoms with van der Waals surface area (Å²) >= 11 is 6.33. The van der Waals surface area contributed by atoms with Crippen LogP contribution in [0, 0.1) is 0 Å². The monoisotopic (exact) mass is 282 g/mol. The SMILES string of the molecule is CCCCCCCCC(Cl)[Si](OC)(OC)OC. The fourth-order valence-electron chi connectivity index (χ4n) is 1.91. The summed E-state index contributed by atoms with van der Waals surface area (Å²) in [6, 6.07) is 0. The third-order valence-electron chi connectivity index (χ3n) is 3.05. The Bertz CT molecular complexity index is 169. The smallest absolute Gasteiger partial charge is 0.376 e. The van der Waals surface area contributed by atoms with Gasteiger partial charge >= 0.3 is 8.80 Å². The largest absolute Gasteiger partial charge is 0.518 e. The van der Waals surface area contributed by atoms with Crippen LogP contribution >= 0.6 is 11.6 Å². The van der Waals surface area contributed by atoms with Crippen LogP contribution in [-0.4, -0.2) is 35.1 Å². The number of rotatable bonds is 11. The summed E-state index contributed by atoms with van der Waals surface area (Å²) in [6.45, 7) is 2.23. The topological polar surface area (TPSA) is 27.7 Å². The molecule has 0 saturated carbocycles. The van der Waals surface area contributed by atoms with Gasteiger partial charge in [-0.3, -0.25) is 0 Å². The molecule has 0 aromatic heterocycles. The lowest BCUT2D eigenvalue weighted by molar-refractivity contribution is 0.119. The molecule has 0 aromatic rings. The predicted molar refractivity (Wildman–Crippen MR) is 74.4 cm³/mol. The number of alkyl halides is 1. The van der Waals surface area contributed by atoms with Crippen LogP contribution in [0.4, 0.5) is 0 Å². The summed E-state index contributed by atoms with van der Waals surface area (Å²) in [5, 5.41) is -0.145. The highest BCUT2D eigenvalue weighted by Gasteiger charge is 2.46. The van der Waals surface area contributed by atoms with Crippen molar-refractivity contribution >= 4 is 20.4 Å². The number of hydrogen-bond acceptors (Lipinski definition) is 3. The molecule has 0 fully saturated rings. The Hall–Kier alpha value is 0.387. The van der Waals surface area contributed by atoms with E-state index in [0.29, 0.717) is 0 Å². The van der Waals surface area contributed by atoms with Gasteiger partial charge in [0, 0.05) is 21.3 Å². The summed E-state index contributed by atoms with van der Waals surface area (Å²) in [5.41, 5.74) is 0. The molecule has 0 N–H and O–H groups in total. The summed E-state index contributed by atoms with van der Waals surface area (Å²) in [7, 11) is 2.19. The maximum atomic E-state index is 6.33. The maximum Gasteiger partial charge on any atom is 0.518 e. The Labute approximate surface area is 112 Å². The number of halogens is 1. The van der Waals surface area contributed by atoms with Crippen LogP contribution in [0.15, 0.2) is 0 Å². The maximum absolute atomic E-state index is 6.33. The molecule has 0 rings (SSSR count). The van der Waals surface area contributed by atoms with Gasteiger partial charge in [-0.25, -0.2) is 0 Å². The highest BCUT2D eigenvalue weighted by atomic mass is 35.5. The van der Waals surface area contributed by atoms with Gasteiger partial charge in [0.2, 0.25) is 0 Å². The Morgan fingerprint density at radius 1 is 0.882 bits per heavy atom. The number of hydrogen-bond donors (Lipinski definition) is 0. The average molecular weight is 283 g/mol. The van der Waals surface area contributed by atoms with Crippen LogP contribution in [0.2, 0.25) is 0 Å². The lowest BCUT2D eigenvalue weighted by Gasteiger charge is -2.28. The van der Waals surface area contributed by atoms with Gasteiger partial charge in [0.25, 0.3) is 0 Å². The van der Waals surface area contributed by atoms with Gasteiger partial charge in [0.05, 0.1) is 0 Å². The highest BCUT2D eigenvalue weighted by Crippen LogP contribution is 2.23. The van der Waals surface area contributed by atoms with Gasteiger partial charge in [-0.05, 0) is 6.42 Å². The summed E-state index contributed by atoms with van der Waals surface area (Å²) in [4.78, 5) is 0. The van der Waals surface area contributed by atoms with Gasteiger partial charge < -0.3 is 13.3 Å². The Kier molecular flexibility index (Phi) is 10.6. The molecule has 0 aromatic carbocycles. The normalized spacial score (nSPS) is 13.9. The van der Waals surface area contributed by atoms with Gasteiger partial charge in [0.1, 0.15) is 5.00 Å². The van der Waals surface area contributed by atoms with E-state index in [2.05, 4.69) is 6.92 Å². The molecule has 0 spiro atoms. The molecular weight excluding hydrogens is 256 g/mol. The molecule has 0 amide bonds. The average Bonchev–Trinajstić information content (AvgIpc) is 2.36. The van der Waals surface area contributed by atoms with Crippen LogP contribution in [0.25, 0.3) is 0 Å². The standard InChI is InChI=1S/C12H27ClO3Si/c1-5-6-7-8-9-10-11-12(13)17(14-2,15-3)16-4/h12H,5-11H2,1-4H3. The van der Waals surface area contributed by atoms with E-state index in [-0.39, 0.29) is 5.00 Å². The van der Waals surface area contributed by atoms with Crippen LogP contribution in [-0.2, 0) is 13.3 Å². The molecule has 3 nitrogen and oxygen atoms in total. The second-order valence-corrected chi connectivity index (χ2v) is 8.26. The van der Waals surface area contributed by atoms with Crippen molar-refractivity contribution in [1.82, 2.24) is 0 Å². The van der Waals surface area contributed by atoms with Gasteiger partial charge in [0.15, 0.2) is 0 Å². The van der Waals surface area contributed by atoms with E-state index in [1.54, 1.807) is 21.3 Å². The Balaban J connectivity index is 3.79. The van der Waals surface area contributed by atoms with E-state index in [1.165, 1.54) is 32.1 Å². The highest BCUT2D eigenvalue weighted by molar-refractivity contribution is 6.71. The molecule has 1 unspecified atom stereocenters. The van der Waals surface area contributed by atoms with E-state index in [4.69, 9.17) is 24.9 Å². The predicted octanol–water partition coefficient (Wildman–Crippen LogP) is 3.76. The first kappa shape index (κ1) is 17.4. The summed E-state index contributed by atoms with van der Waals surface area (Å²) in [5.74, 6) is 0. The van der Waals surface area contributed by atoms with Crippen LogP contribution in [0.1, 0.15) is 51.9 Å². The molecule has 0 aliphatic heterocycles. The van der Waals surface area contributed by atoms with E-state index < -0.39 is 8.80 Å². The van der Waals surface area contributed by atoms with E-state index in [0.717, 1.165) is 12.8 Å². The summed E-state index contributed by atoms with van der Waals surface area (Å²) in [6.07, 6.45) is 8.47. The van der Waals surface area contributed by atoms with Crippen LogP contribution < -0.4 is 0 Å². The minimum atomic E-state index is -2.63. The lowest BCUT2D eigenvalue weighted by atomic mass is 10.1. The second kappa shape index (κ2) is 10.3. The Morgan fingerprint density at radius 2 is 1.35 bits per heavy atom. The van der Waals surface area contributed by atoms with E-state index in [1.807, 2.05) is 0 Å². The van der Waals surface area contributed by atoms with Crippen molar-refractivity contribution in [3.05, 3.63) is 0 Å². The van der Waals surface area contributed by atoms with Gasteiger partial charge in [-0.15, -0.1) is 11.6 Å². The van der Waals surface area contributed by atoms with E-state index in [9.17, 15) is 0 Å². The fraction of sp³-hybridized carbons (Fsp3) is 1.00. The van der Waals surface area contributed by atoms with Crippen molar-refractivity contribution < 1.29 is 13.3 Å². The molecule has 5 heteroatoms. The fourth-order valence-corrected chi connectivity index (χ4v) is 4.70. The molecule has 0 radical (unpaired) electrons. The molecule has 0 aliphatic rings. The first-order valence-electron chi connectivity index (χ1n) is 6.46. The summed E-state index contributed by atoms with van der Waals surface area (Å²) < 4.78 is 16.1. The molecule has 17 heavy (non-hydrogen) atoms. The molecule has 104 valence electrons. The van der Waals surface area contributed by atoms with E-state index >= 15 is 0 Å².